The van der Waals surface area contributed by atoms with Crippen LogP contribution in [0.4, 0.5) is 39.5 Å². The highest BCUT2D eigenvalue weighted by atomic mass is 19.4. The molecule has 0 radical (unpaired) electrons. The molecule has 236 valence electrons. The maximum absolute atomic E-state index is 15.3. The number of rotatable bonds is 13. The molecule has 0 aliphatic rings. The fourth-order valence-electron chi connectivity index (χ4n) is 3.95. The molecule has 0 aliphatic heterocycles. The van der Waals surface area contributed by atoms with E-state index in [0.717, 1.165) is 0 Å². The van der Waals surface area contributed by atoms with E-state index in [1.807, 2.05) is 20.8 Å². The van der Waals surface area contributed by atoms with Gasteiger partial charge in [-0.15, -0.1) is 0 Å². The molecule has 1 atom stereocenters. The summed E-state index contributed by atoms with van der Waals surface area (Å²) in [6.07, 6.45) is -8.98. The van der Waals surface area contributed by atoms with E-state index in [1.54, 1.807) is 6.92 Å². The van der Waals surface area contributed by atoms with Crippen LogP contribution in [0.15, 0.2) is 36.4 Å². The SMILES string of the molecule is CCCOc1cc(OCCC)c(-c2cc(F)c(C(F)(F)Oc3cc(F)c(C(F)(F)F)c(F)c3)c(F)c2)c(OC(C)CC)c1. The first-order valence-corrected chi connectivity index (χ1v) is 13.4. The van der Waals surface area contributed by atoms with Crippen molar-refractivity contribution in [2.45, 2.75) is 65.3 Å². The molecule has 0 heterocycles. The predicted molar refractivity (Wildman–Crippen MR) is 140 cm³/mol. The monoisotopic (exact) mass is 624 g/mol. The van der Waals surface area contributed by atoms with Gasteiger partial charge in [-0.05, 0) is 43.9 Å². The Morgan fingerprint density at radius 3 is 1.67 bits per heavy atom. The molecule has 4 nitrogen and oxygen atoms in total. The largest absolute Gasteiger partial charge is 0.493 e. The lowest BCUT2D eigenvalue weighted by Crippen LogP contribution is -2.25. The second kappa shape index (κ2) is 13.7. The van der Waals surface area contributed by atoms with E-state index >= 15 is 8.78 Å². The van der Waals surface area contributed by atoms with Crippen molar-refractivity contribution in [3.63, 3.8) is 0 Å². The fraction of sp³-hybridized carbons (Fsp3) is 0.400. The van der Waals surface area contributed by atoms with E-state index in [2.05, 4.69) is 4.74 Å². The Labute approximate surface area is 242 Å². The second-order valence-electron chi connectivity index (χ2n) is 9.52. The zero-order valence-electron chi connectivity index (χ0n) is 23.6. The highest BCUT2D eigenvalue weighted by Gasteiger charge is 2.43. The van der Waals surface area contributed by atoms with Gasteiger partial charge in [-0.1, -0.05) is 20.8 Å². The highest BCUT2D eigenvalue weighted by Crippen LogP contribution is 2.45. The van der Waals surface area contributed by atoms with Gasteiger partial charge in [-0.25, -0.2) is 17.6 Å². The van der Waals surface area contributed by atoms with Crippen molar-refractivity contribution < 1.29 is 58.5 Å². The van der Waals surface area contributed by atoms with Crippen molar-refractivity contribution in [3.05, 3.63) is 70.8 Å². The van der Waals surface area contributed by atoms with Crippen molar-refractivity contribution in [3.8, 4) is 34.1 Å². The van der Waals surface area contributed by atoms with Crippen LogP contribution >= 0.6 is 0 Å². The Kier molecular flexibility index (Phi) is 10.7. The second-order valence-corrected chi connectivity index (χ2v) is 9.52. The first-order valence-electron chi connectivity index (χ1n) is 13.4. The molecule has 0 spiro atoms. The van der Waals surface area contributed by atoms with Gasteiger partial charge in [-0.3, -0.25) is 0 Å². The molecule has 3 aromatic carbocycles. The standard InChI is InChI=1S/C30H29F9O4/c1-5-8-40-18-14-24(41-9-6-2)26(25(15-18)42-16(4)7-3)17-10-20(31)28(21(32)11-17)30(38,39)43-19-12-22(33)27(23(34)13-19)29(35,36)37/h10-16H,5-9H2,1-4H3. The number of hydrogen-bond acceptors (Lipinski definition) is 4. The van der Waals surface area contributed by atoms with Crippen LogP contribution < -0.4 is 18.9 Å². The lowest BCUT2D eigenvalue weighted by molar-refractivity contribution is -0.189. The summed E-state index contributed by atoms with van der Waals surface area (Å²) in [4.78, 5) is 0. The molecular formula is C30H29F9O4. The lowest BCUT2D eigenvalue weighted by Gasteiger charge is -2.23. The Morgan fingerprint density at radius 1 is 0.651 bits per heavy atom. The van der Waals surface area contributed by atoms with Crippen LogP contribution in [-0.2, 0) is 12.3 Å². The summed E-state index contributed by atoms with van der Waals surface area (Å²) in [6, 6.07) is 3.75. The number of halogens is 9. The third-order valence-electron chi connectivity index (χ3n) is 6.04. The molecule has 0 aliphatic carbocycles. The van der Waals surface area contributed by atoms with Crippen LogP contribution in [0.1, 0.15) is 58.1 Å². The summed E-state index contributed by atoms with van der Waals surface area (Å²) in [5.74, 6) is -9.06. The minimum Gasteiger partial charge on any atom is -0.493 e. The van der Waals surface area contributed by atoms with E-state index < -0.39 is 52.4 Å². The van der Waals surface area contributed by atoms with Crippen LogP contribution in [-0.4, -0.2) is 19.3 Å². The first kappa shape index (κ1) is 33.7. The summed E-state index contributed by atoms with van der Waals surface area (Å²) in [7, 11) is 0. The Bertz CT molecular complexity index is 1380. The maximum atomic E-state index is 15.3. The molecular weight excluding hydrogens is 595 g/mol. The van der Waals surface area contributed by atoms with Crippen molar-refractivity contribution >= 4 is 0 Å². The Balaban J connectivity index is 2.12. The highest BCUT2D eigenvalue weighted by molar-refractivity contribution is 5.78. The molecule has 0 saturated heterocycles. The normalized spacial score (nSPS) is 12.7. The first-order chi connectivity index (χ1) is 20.1. The number of ether oxygens (including phenoxy) is 4. The third-order valence-corrected chi connectivity index (χ3v) is 6.04. The average Bonchev–Trinajstić information content (AvgIpc) is 2.88. The summed E-state index contributed by atoms with van der Waals surface area (Å²) < 4.78 is 148. The molecule has 0 amide bonds. The molecule has 0 bridgehead atoms. The smallest absolute Gasteiger partial charge is 0.432 e. The number of hydrogen-bond donors (Lipinski definition) is 0. The average molecular weight is 625 g/mol. The quantitative estimate of drug-likeness (QED) is 0.178. The van der Waals surface area contributed by atoms with Crippen molar-refractivity contribution in [1.82, 2.24) is 0 Å². The van der Waals surface area contributed by atoms with Crippen LogP contribution in [0.25, 0.3) is 11.1 Å². The summed E-state index contributed by atoms with van der Waals surface area (Å²) >= 11 is 0. The van der Waals surface area contributed by atoms with E-state index in [4.69, 9.17) is 14.2 Å². The maximum Gasteiger partial charge on any atom is 0.432 e. The zero-order valence-corrected chi connectivity index (χ0v) is 23.6. The number of benzene rings is 3. The van der Waals surface area contributed by atoms with E-state index in [0.29, 0.717) is 43.8 Å². The lowest BCUT2D eigenvalue weighted by atomic mass is 9.99. The summed E-state index contributed by atoms with van der Waals surface area (Å²) in [6.45, 7) is 7.80. The van der Waals surface area contributed by atoms with Gasteiger partial charge in [0.25, 0.3) is 0 Å². The van der Waals surface area contributed by atoms with Crippen LogP contribution in [0.2, 0.25) is 0 Å². The predicted octanol–water partition coefficient (Wildman–Crippen LogP) is 9.81. The van der Waals surface area contributed by atoms with Gasteiger partial charge in [0, 0.05) is 24.3 Å². The molecule has 0 saturated carbocycles. The van der Waals surface area contributed by atoms with Crippen LogP contribution in [0.5, 0.6) is 23.0 Å². The van der Waals surface area contributed by atoms with Crippen LogP contribution in [0.3, 0.4) is 0 Å². The van der Waals surface area contributed by atoms with Crippen molar-refractivity contribution in [2.75, 3.05) is 13.2 Å². The van der Waals surface area contributed by atoms with Gasteiger partial charge in [0.2, 0.25) is 0 Å². The number of alkyl halides is 5. The topological polar surface area (TPSA) is 36.9 Å². The molecule has 0 N–H and O–H groups in total. The fourth-order valence-corrected chi connectivity index (χ4v) is 3.95. The van der Waals surface area contributed by atoms with Crippen LogP contribution in [0, 0.1) is 23.3 Å². The van der Waals surface area contributed by atoms with Gasteiger partial charge in [0.1, 0.15) is 57.4 Å². The summed E-state index contributed by atoms with van der Waals surface area (Å²) in [5.41, 5.74) is -4.50. The van der Waals surface area contributed by atoms with Gasteiger partial charge in [-0.2, -0.15) is 22.0 Å². The molecule has 0 fully saturated rings. The molecule has 3 aromatic rings. The van der Waals surface area contributed by atoms with Crippen molar-refractivity contribution in [1.29, 1.82) is 0 Å². The molecule has 13 heteroatoms. The molecule has 43 heavy (non-hydrogen) atoms. The van der Waals surface area contributed by atoms with E-state index in [9.17, 15) is 30.7 Å². The minimum absolute atomic E-state index is 0.0399. The van der Waals surface area contributed by atoms with Gasteiger partial charge >= 0.3 is 12.3 Å². The third kappa shape index (κ3) is 7.99. The minimum atomic E-state index is -5.47. The van der Waals surface area contributed by atoms with Gasteiger partial charge in [0.05, 0.1) is 24.9 Å². The van der Waals surface area contributed by atoms with E-state index in [-0.39, 0.29) is 47.5 Å². The Hall–Kier alpha value is -3.77. The van der Waals surface area contributed by atoms with Crippen molar-refractivity contribution in [2.24, 2.45) is 0 Å². The van der Waals surface area contributed by atoms with E-state index in [1.165, 1.54) is 12.1 Å². The Morgan fingerprint density at radius 2 is 1.16 bits per heavy atom. The molecule has 1 unspecified atom stereocenters. The summed E-state index contributed by atoms with van der Waals surface area (Å²) in [5, 5.41) is 0. The van der Waals surface area contributed by atoms with Gasteiger partial charge in [0.15, 0.2) is 0 Å². The molecule has 0 aromatic heterocycles. The van der Waals surface area contributed by atoms with Gasteiger partial charge < -0.3 is 18.9 Å². The molecule has 3 rings (SSSR count). The zero-order chi connectivity index (χ0) is 32.1.